The second-order valence-corrected chi connectivity index (χ2v) is 9.25. The Morgan fingerprint density at radius 1 is 1.13 bits per heavy atom. The van der Waals surface area contributed by atoms with Crippen molar-refractivity contribution >= 4 is 20.0 Å². The van der Waals surface area contributed by atoms with Crippen LogP contribution in [0.15, 0.2) is 28.0 Å². The van der Waals surface area contributed by atoms with Gasteiger partial charge in [-0.2, -0.15) is 4.31 Å². The van der Waals surface area contributed by atoms with E-state index < -0.39 is 20.0 Å². The molecular weight excluding hydrogens is 338 g/mol. The highest BCUT2D eigenvalue weighted by Crippen LogP contribution is 2.25. The predicted molar refractivity (Wildman–Crippen MR) is 88.0 cm³/mol. The summed E-state index contributed by atoms with van der Waals surface area (Å²) in [5, 5.41) is 0. The molecule has 0 amide bonds. The Labute approximate surface area is 138 Å². The van der Waals surface area contributed by atoms with Gasteiger partial charge in [0.1, 0.15) is 0 Å². The van der Waals surface area contributed by atoms with Gasteiger partial charge in [0.25, 0.3) is 0 Å². The normalized spacial score (nSPS) is 17.3. The summed E-state index contributed by atoms with van der Waals surface area (Å²) in [5.41, 5.74) is 5.84. The molecule has 3 N–H and O–H groups in total. The molecule has 1 aliphatic rings. The van der Waals surface area contributed by atoms with Crippen LogP contribution in [0.5, 0.6) is 0 Å². The first-order valence-corrected chi connectivity index (χ1v) is 10.5. The molecule has 1 heterocycles. The topological polar surface area (TPSA) is 110 Å². The average Bonchev–Trinajstić information content (AvgIpc) is 2.54. The highest BCUT2D eigenvalue weighted by molar-refractivity contribution is 7.90. The van der Waals surface area contributed by atoms with Crippen molar-refractivity contribution in [2.24, 2.45) is 5.73 Å². The van der Waals surface area contributed by atoms with Gasteiger partial charge in [-0.1, -0.05) is 12.5 Å². The van der Waals surface area contributed by atoms with Gasteiger partial charge in [0.2, 0.25) is 20.0 Å². The fourth-order valence-corrected chi connectivity index (χ4v) is 5.46. The summed E-state index contributed by atoms with van der Waals surface area (Å²) >= 11 is 0. The van der Waals surface area contributed by atoms with Gasteiger partial charge >= 0.3 is 0 Å². The highest BCUT2D eigenvalue weighted by Gasteiger charge is 2.28. The van der Waals surface area contributed by atoms with E-state index in [0.717, 1.165) is 19.3 Å². The molecule has 1 fully saturated rings. The van der Waals surface area contributed by atoms with Gasteiger partial charge in [-0.05, 0) is 37.5 Å². The third-order valence-electron chi connectivity index (χ3n) is 3.84. The number of sulfonamides is 2. The van der Waals surface area contributed by atoms with Crippen LogP contribution in [0.25, 0.3) is 0 Å². The molecule has 0 bridgehead atoms. The van der Waals surface area contributed by atoms with Crippen molar-refractivity contribution in [3.8, 4) is 0 Å². The summed E-state index contributed by atoms with van der Waals surface area (Å²) in [6.45, 7) is 2.89. The molecule has 2 rings (SSSR count). The van der Waals surface area contributed by atoms with Crippen molar-refractivity contribution in [3.05, 3.63) is 23.8 Å². The fraction of sp³-hybridized carbons (Fsp3) is 0.571. The van der Waals surface area contributed by atoms with Gasteiger partial charge in [0.05, 0.1) is 9.79 Å². The fourth-order valence-electron chi connectivity index (χ4n) is 2.55. The van der Waals surface area contributed by atoms with Crippen LogP contribution in [-0.2, 0) is 20.0 Å². The molecule has 130 valence electrons. The summed E-state index contributed by atoms with van der Waals surface area (Å²) in [6, 6.07) is 4.16. The first-order valence-electron chi connectivity index (χ1n) is 7.59. The number of rotatable bonds is 6. The van der Waals surface area contributed by atoms with E-state index in [4.69, 9.17) is 5.73 Å². The molecule has 23 heavy (non-hydrogen) atoms. The predicted octanol–water partition coefficient (Wildman–Crippen LogP) is 0.407. The van der Waals surface area contributed by atoms with E-state index >= 15 is 0 Å². The van der Waals surface area contributed by atoms with Crippen LogP contribution in [0.3, 0.4) is 0 Å². The van der Waals surface area contributed by atoms with Gasteiger partial charge in [-0.15, -0.1) is 0 Å². The molecule has 0 radical (unpaired) electrons. The summed E-state index contributed by atoms with van der Waals surface area (Å²) in [6.07, 6.45) is 2.67. The first kappa shape index (κ1) is 18.3. The third-order valence-corrected chi connectivity index (χ3v) is 7.34. The lowest BCUT2D eigenvalue weighted by molar-refractivity contribution is 0.346. The highest BCUT2D eigenvalue weighted by atomic mass is 32.2. The van der Waals surface area contributed by atoms with E-state index in [-0.39, 0.29) is 22.9 Å². The molecule has 0 aromatic heterocycles. The number of benzene rings is 1. The monoisotopic (exact) mass is 361 g/mol. The lowest BCUT2D eigenvalue weighted by Crippen LogP contribution is -2.36. The van der Waals surface area contributed by atoms with Crippen molar-refractivity contribution in [1.29, 1.82) is 0 Å². The van der Waals surface area contributed by atoms with Crippen LogP contribution in [0, 0.1) is 6.92 Å². The van der Waals surface area contributed by atoms with Crippen LogP contribution in [0.1, 0.15) is 24.8 Å². The number of aryl methyl sites for hydroxylation is 1. The zero-order valence-corrected chi connectivity index (χ0v) is 14.8. The lowest BCUT2D eigenvalue weighted by atomic mass is 10.2. The number of nitrogens with zero attached hydrogens (tertiary/aromatic N) is 1. The minimum atomic E-state index is -3.77. The minimum Gasteiger partial charge on any atom is -0.329 e. The minimum absolute atomic E-state index is 0.0509. The molecule has 0 saturated carbocycles. The molecular formula is C14H23N3O4S2. The molecule has 0 atom stereocenters. The Kier molecular flexibility index (Phi) is 5.79. The lowest BCUT2D eigenvalue weighted by Gasteiger charge is -2.26. The summed E-state index contributed by atoms with van der Waals surface area (Å²) < 4.78 is 53.7. The number of piperidine rings is 1. The molecule has 1 saturated heterocycles. The largest absolute Gasteiger partial charge is 0.329 e. The molecule has 0 unspecified atom stereocenters. The maximum atomic E-state index is 12.8. The van der Waals surface area contributed by atoms with E-state index in [1.54, 1.807) is 6.92 Å². The van der Waals surface area contributed by atoms with Gasteiger partial charge in [-0.3, -0.25) is 0 Å². The van der Waals surface area contributed by atoms with Crippen LogP contribution in [-0.4, -0.2) is 47.3 Å². The van der Waals surface area contributed by atoms with Crippen LogP contribution in [0.2, 0.25) is 0 Å². The number of nitrogens with two attached hydrogens (primary N) is 1. The van der Waals surface area contributed by atoms with Crippen molar-refractivity contribution in [1.82, 2.24) is 9.03 Å². The smallest absolute Gasteiger partial charge is 0.243 e. The molecule has 1 aromatic rings. The van der Waals surface area contributed by atoms with E-state index in [1.165, 1.54) is 22.5 Å². The second-order valence-electron chi connectivity index (χ2n) is 5.58. The van der Waals surface area contributed by atoms with Crippen molar-refractivity contribution in [3.63, 3.8) is 0 Å². The summed E-state index contributed by atoms with van der Waals surface area (Å²) in [7, 11) is -7.45. The summed E-state index contributed by atoms with van der Waals surface area (Å²) in [5.74, 6) is 0. The molecule has 9 heteroatoms. The van der Waals surface area contributed by atoms with Gasteiger partial charge < -0.3 is 5.73 Å². The zero-order chi connectivity index (χ0) is 17.1. The quantitative estimate of drug-likeness (QED) is 0.762. The van der Waals surface area contributed by atoms with E-state index in [2.05, 4.69) is 4.72 Å². The molecule has 1 aliphatic heterocycles. The molecule has 7 nitrogen and oxygen atoms in total. The van der Waals surface area contributed by atoms with Crippen LogP contribution >= 0.6 is 0 Å². The van der Waals surface area contributed by atoms with Gasteiger partial charge in [0.15, 0.2) is 0 Å². The van der Waals surface area contributed by atoms with Crippen molar-refractivity contribution < 1.29 is 16.8 Å². The zero-order valence-electron chi connectivity index (χ0n) is 13.2. The Hall–Kier alpha value is -1.00. The van der Waals surface area contributed by atoms with Crippen molar-refractivity contribution in [2.75, 3.05) is 26.2 Å². The van der Waals surface area contributed by atoms with Crippen LogP contribution in [0.4, 0.5) is 0 Å². The van der Waals surface area contributed by atoms with Gasteiger partial charge in [0, 0.05) is 26.2 Å². The second kappa shape index (κ2) is 7.27. The number of hydrogen-bond acceptors (Lipinski definition) is 5. The number of nitrogens with one attached hydrogen (secondary N) is 1. The Bertz CT molecular complexity index is 754. The first-order chi connectivity index (χ1) is 10.8. The van der Waals surface area contributed by atoms with Crippen molar-refractivity contribution in [2.45, 2.75) is 36.0 Å². The molecule has 1 aromatic carbocycles. The van der Waals surface area contributed by atoms with Crippen LogP contribution < -0.4 is 10.5 Å². The Balaban J connectivity index is 2.41. The van der Waals surface area contributed by atoms with E-state index in [1.807, 2.05) is 0 Å². The standard InChI is InChI=1S/C14H23N3O4S2/c1-12-5-6-13(22(18,19)16-8-7-15)11-14(12)23(20,21)17-9-3-2-4-10-17/h5-6,11,16H,2-4,7-10,15H2,1H3. The van der Waals surface area contributed by atoms with Gasteiger partial charge in [-0.25, -0.2) is 21.6 Å². The maximum absolute atomic E-state index is 12.8. The average molecular weight is 361 g/mol. The molecule has 0 aliphatic carbocycles. The Morgan fingerprint density at radius 2 is 1.78 bits per heavy atom. The molecule has 0 spiro atoms. The maximum Gasteiger partial charge on any atom is 0.243 e. The van der Waals surface area contributed by atoms with E-state index in [0.29, 0.717) is 18.7 Å². The van der Waals surface area contributed by atoms with E-state index in [9.17, 15) is 16.8 Å². The Morgan fingerprint density at radius 3 is 2.39 bits per heavy atom. The summed E-state index contributed by atoms with van der Waals surface area (Å²) in [4.78, 5) is -0.0119. The third kappa shape index (κ3) is 4.10. The number of hydrogen-bond donors (Lipinski definition) is 2. The SMILES string of the molecule is Cc1ccc(S(=O)(=O)NCCN)cc1S(=O)(=O)N1CCCCC1.